The maximum absolute atomic E-state index is 8.08. The summed E-state index contributed by atoms with van der Waals surface area (Å²) < 4.78 is 2.82. The van der Waals surface area contributed by atoms with E-state index in [0.717, 1.165) is 5.75 Å². The van der Waals surface area contributed by atoms with Gasteiger partial charge in [-0.25, -0.2) is 0 Å². The molecule has 0 saturated carbocycles. The highest BCUT2D eigenvalue weighted by atomic mass is 32.2. The number of nitrogens with zero attached hydrogens (tertiary/aromatic N) is 3. The Morgan fingerprint density at radius 1 is 1.62 bits per heavy atom. The zero-order chi connectivity index (χ0) is 9.36. The monoisotopic (exact) mass is 192 g/mol. The van der Waals surface area contributed by atoms with Gasteiger partial charge in [-0.2, -0.15) is 10.3 Å². The van der Waals surface area contributed by atoms with Crippen LogP contribution in [0.1, 0.15) is 5.56 Å². The zero-order valence-corrected chi connectivity index (χ0v) is 7.66. The Balaban J connectivity index is 2.21. The van der Waals surface area contributed by atoms with Gasteiger partial charge in [-0.1, -0.05) is 0 Å². The molecule has 0 radical (unpaired) electrons. The van der Waals surface area contributed by atoms with Crippen LogP contribution in [0, 0.1) is 11.5 Å². The third-order valence-corrected chi connectivity index (χ3v) is 2.00. The molecule has 66 valence electrons. The van der Waals surface area contributed by atoms with E-state index in [1.807, 2.05) is 12.1 Å². The van der Waals surface area contributed by atoms with E-state index in [9.17, 15) is 0 Å². The summed E-state index contributed by atoms with van der Waals surface area (Å²) in [5, 5.41) is 8.08. The van der Waals surface area contributed by atoms with Crippen LogP contribution in [0.15, 0.2) is 29.5 Å². The number of pyridine rings is 1. The Hall–Kier alpha value is -1.54. The van der Waals surface area contributed by atoms with Gasteiger partial charge >= 0.3 is 0 Å². The number of hydrogen-bond acceptors (Lipinski definition) is 4. The lowest BCUT2D eigenvalue weighted by Crippen LogP contribution is -1.99. The number of hydrogen-bond donors (Lipinski definition) is 1. The molecule has 0 bridgehead atoms. The average Bonchev–Trinajstić information content (AvgIpc) is 2.19. The van der Waals surface area contributed by atoms with Gasteiger partial charge < -0.3 is 4.72 Å². The first-order chi connectivity index (χ1) is 6.43. The van der Waals surface area contributed by atoms with E-state index in [-0.39, 0.29) is 0 Å². The van der Waals surface area contributed by atoms with Gasteiger partial charge in [0.15, 0.2) is 0 Å². The molecule has 0 fully saturated rings. The van der Waals surface area contributed by atoms with Crippen LogP contribution in [0.3, 0.4) is 0 Å². The van der Waals surface area contributed by atoms with Crippen molar-refractivity contribution in [3.63, 3.8) is 0 Å². The molecule has 0 atom stereocenters. The van der Waals surface area contributed by atoms with Crippen molar-refractivity contribution in [2.45, 2.75) is 5.75 Å². The van der Waals surface area contributed by atoms with Gasteiger partial charge in [0, 0.05) is 18.1 Å². The lowest BCUT2D eigenvalue weighted by molar-refractivity contribution is 1.27. The van der Waals surface area contributed by atoms with Crippen LogP contribution in [0.25, 0.3) is 0 Å². The van der Waals surface area contributed by atoms with Crippen LogP contribution >= 0.6 is 11.9 Å². The maximum Gasteiger partial charge on any atom is 0.207 e. The number of aliphatic imine (C=N–C) groups is 1. The second-order valence-corrected chi connectivity index (χ2v) is 2.93. The van der Waals surface area contributed by atoms with Crippen molar-refractivity contribution in [3.8, 4) is 6.19 Å². The highest BCUT2D eigenvalue weighted by molar-refractivity contribution is 7.97. The van der Waals surface area contributed by atoms with Crippen molar-refractivity contribution >= 4 is 18.3 Å². The van der Waals surface area contributed by atoms with Gasteiger partial charge in [0.25, 0.3) is 0 Å². The number of nitrogens with one attached hydrogen (secondary N) is 1. The molecular weight excluding hydrogens is 184 g/mol. The van der Waals surface area contributed by atoms with Crippen molar-refractivity contribution < 1.29 is 0 Å². The Kier molecular flexibility index (Phi) is 4.43. The van der Waals surface area contributed by atoms with Gasteiger partial charge in [-0.05, 0) is 29.6 Å². The van der Waals surface area contributed by atoms with E-state index in [4.69, 9.17) is 5.26 Å². The van der Waals surface area contributed by atoms with Gasteiger partial charge in [0.1, 0.15) is 6.34 Å². The van der Waals surface area contributed by atoms with Gasteiger partial charge in [0.2, 0.25) is 6.19 Å². The number of rotatable bonds is 4. The summed E-state index contributed by atoms with van der Waals surface area (Å²) >= 11 is 1.47. The predicted octanol–water partition coefficient (Wildman–Crippen LogP) is 1.33. The van der Waals surface area contributed by atoms with Crippen molar-refractivity contribution in [1.29, 1.82) is 5.26 Å². The summed E-state index contributed by atoms with van der Waals surface area (Å²) in [7, 11) is 0. The molecule has 5 heteroatoms. The minimum Gasteiger partial charge on any atom is -0.320 e. The second kappa shape index (κ2) is 6.03. The Labute approximate surface area is 80.8 Å². The molecule has 0 unspecified atom stereocenters. The van der Waals surface area contributed by atoms with E-state index in [1.165, 1.54) is 23.8 Å². The summed E-state index contributed by atoms with van der Waals surface area (Å²) in [6.07, 6.45) is 6.52. The fraction of sp³-hybridized carbons (Fsp3) is 0.125. The molecule has 1 heterocycles. The first-order valence-electron chi connectivity index (χ1n) is 3.60. The molecule has 0 aromatic carbocycles. The maximum atomic E-state index is 8.08. The smallest absolute Gasteiger partial charge is 0.207 e. The van der Waals surface area contributed by atoms with E-state index in [2.05, 4.69) is 14.7 Å². The second-order valence-electron chi connectivity index (χ2n) is 2.12. The molecule has 0 aliphatic rings. The normalized spacial score (nSPS) is 9.77. The molecule has 0 aliphatic carbocycles. The zero-order valence-electron chi connectivity index (χ0n) is 6.84. The predicted molar refractivity (Wildman–Crippen MR) is 52.8 cm³/mol. The largest absolute Gasteiger partial charge is 0.320 e. The molecule has 4 nitrogen and oxygen atoms in total. The minimum atomic E-state index is 0.819. The highest BCUT2D eigenvalue weighted by Gasteiger charge is 1.89. The lowest BCUT2D eigenvalue weighted by atomic mass is 10.3. The highest BCUT2D eigenvalue weighted by Crippen LogP contribution is 2.05. The lowest BCUT2D eigenvalue weighted by Gasteiger charge is -1.98. The standard InChI is InChI=1S/C8H8N4S/c9-6-11-7-12-13-5-8-1-3-10-4-2-8/h1-4,7H,5H2,(H,11,12). The topological polar surface area (TPSA) is 61.1 Å². The van der Waals surface area contributed by atoms with Gasteiger partial charge in [-0.15, -0.1) is 0 Å². The first kappa shape index (κ1) is 9.55. The molecule has 1 aromatic heterocycles. The van der Waals surface area contributed by atoms with Crippen LogP contribution in [-0.2, 0) is 5.75 Å². The fourth-order valence-electron chi connectivity index (χ4n) is 0.697. The van der Waals surface area contributed by atoms with Crippen LogP contribution in [0.5, 0.6) is 0 Å². The SMILES string of the molecule is N#CN=CNSCc1ccncc1. The Bertz CT molecular complexity index is 304. The summed E-state index contributed by atoms with van der Waals surface area (Å²) in [6, 6.07) is 3.88. The third-order valence-electron chi connectivity index (χ3n) is 1.25. The van der Waals surface area contributed by atoms with Crippen LogP contribution in [0.4, 0.5) is 0 Å². The van der Waals surface area contributed by atoms with E-state index < -0.39 is 0 Å². The van der Waals surface area contributed by atoms with Crippen molar-refractivity contribution in [2.24, 2.45) is 4.99 Å². The van der Waals surface area contributed by atoms with Crippen molar-refractivity contribution in [1.82, 2.24) is 9.71 Å². The summed E-state index contributed by atoms with van der Waals surface area (Å²) in [5.74, 6) is 0.819. The molecule has 0 aliphatic heterocycles. The van der Waals surface area contributed by atoms with Crippen LogP contribution < -0.4 is 4.72 Å². The van der Waals surface area contributed by atoms with E-state index in [1.54, 1.807) is 18.6 Å². The average molecular weight is 192 g/mol. The molecule has 1 N–H and O–H groups in total. The Morgan fingerprint density at radius 2 is 2.38 bits per heavy atom. The molecule has 0 amide bonds. The van der Waals surface area contributed by atoms with Crippen LogP contribution in [0.2, 0.25) is 0 Å². The molecule has 1 aromatic rings. The summed E-state index contributed by atoms with van der Waals surface area (Å²) in [4.78, 5) is 7.24. The van der Waals surface area contributed by atoms with E-state index >= 15 is 0 Å². The molecule has 1 rings (SSSR count). The van der Waals surface area contributed by atoms with E-state index in [0.29, 0.717) is 0 Å². The van der Waals surface area contributed by atoms with Crippen molar-refractivity contribution in [3.05, 3.63) is 30.1 Å². The third kappa shape index (κ3) is 4.13. The van der Waals surface area contributed by atoms with Gasteiger partial charge in [-0.3, -0.25) is 4.98 Å². The number of aromatic nitrogens is 1. The van der Waals surface area contributed by atoms with Gasteiger partial charge in [0.05, 0.1) is 0 Å². The number of nitriles is 1. The molecular formula is C8H8N4S. The fourth-order valence-corrected chi connectivity index (χ4v) is 1.27. The van der Waals surface area contributed by atoms with Crippen LogP contribution in [-0.4, -0.2) is 11.3 Å². The quantitative estimate of drug-likeness (QED) is 0.257. The first-order valence-corrected chi connectivity index (χ1v) is 4.59. The molecule has 0 saturated heterocycles. The summed E-state index contributed by atoms with van der Waals surface area (Å²) in [6.45, 7) is 0. The minimum absolute atomic E-state index is 0.819. The van der Waals surface area contributed by atoms with Crippen molar-refractivity contribution in [2.75, 3.05) is 0 Å². The summed E-state index contributed by atoms with van der Waals surface area (Å²) in [5.41, 5.74) is 1.18. The molecule has 13 heavy (non-hydrogen) atoms. The Morgan fingerprint density at radius 3 is 3.08 bits per heavy atom. The molecule has 0 spiro atoms.